The van der Waals surface area contributed by atoms with E-state index in [4.69, 9.17) is 15.6 Å². The Balaban J connectivity index is 1.93. The van der Waals surface area contributed by atoms with E-state index in [1.807, 2.05) is 0 Å². The Hall–Kier alpha value is -2.10. The van der Waals surface area contributed by atoms with Crippen LogP contribution in [0.5, 0.6) is 0 Å². The molecule has 4 atom stereocenters. The summed E-state index contributed by atoms with van der Waals surface area (Å²) in [7, 11) is 0. The molecule has 0 saturated carbocycles. The Labute approximate surface area is 125 Å². The number of alkyl halides is 1. The minimum Gasteiger partial charge on any atom is -0.394 e. The standard InChI is InChI=1S/C13H16FN5O3/c1-13(14)10(21)9(4-20)22-12(13)19-3-8(18-6-19)7-2-16-5-17-11(7)15/h2-3,5-6,9-10,12,20-21H,4H2,1H3,(H2,15,16,17). The third kappa shape index (κ3) is 2.23. The van der Waals surface area contributed by atoms with Gasteiger partial charge in [-0.15, -0.1) is 0 Å². The number of imidazole rings is 1. The van der Waals surface area contributed by atoms with E-state index in [0.29, 0.717) is 11.3 Å². The predicted octanol–water partition coefficient (Wildman–Crippen LogP) is -0.0989. The molecule has 0 amide bonds. The van der Waals surface area contributed by atoms with E-state index in [0.717, 1.165) is 0 Å². The van der Waals surface area contributed by atoms with Crippen molar-refractivity contribution in [1.29, 1.82) is 0 Å². The van der Waals surface area contributed by atoms with Gasteiger partial charge < -0.3 is 25.3 Å². The van der Waals surface area contributed by atoms with Crippen LogP contribution in [0.3, 0.4) is 0 Å². The molecule has 0 radical (unpaired) electrons. The van der Waals surface area contributed by atoms with Crippen molar-refractivity contribution in [3.8, 4) is 11.3 Å². The number of halogens is 1. The van der Waals surface area contributed by atoms with E-state index >= 15 is 0 Å². The number of ether oxygens (including phenoxy) is 1. The maximum absolute atomic E-state index is 14.7. The van der Waals surface area contributed by atoms with Gasteiger partial charge in [0.2, 0.25) is 0 Å². The largest absolute Gasteiger partial charge is 0.394 e. The van der Waals surface area contributed by atoms with Gasteiger partial charge in [0.25, 0.3) is 0 Å². The molecule has 2 aromatic heterocycles. The third-order valence-corrected chi connectivity index (χ3v) is 3.79. The first-order chi connectivity index (χ1) is 10.4. The van der Waals surface area contributed by atoms with Crippen LogP contribution in [0.2, 0.25) is 0 Å². The first kappa shape index (κ1) is 14.8. The fourth-order valence-electron chi connectivity index (χ4n) is 2.53. The molecule has 1 fully saturated rings. The lowest BCUT2D eigenvalue weighted by Gasteiger charge is -2.24. The van der Waals surface area contributed by atoms with Gasteiger partial charge in [0, 0.05) is 12.4 Å². The molecule has 1 aliphatic heterocycles. The molecule has 9 heteroatoms. The quantitative estimate of drug-likeness (QED) is 0.724. The molecule has 0 bridgehead atoms. The van der Waals surface area contributed by atoms with Crippen molar-refractivity contribution < 1.29 is 19.3 Å². The van der Waals surface area contributed by atoms with E-state index in [9.17, 15) is 9.50 Å². The van der Waals surface area contributed by atoms with Crippen molar-refractivity contribution >= 4 is 5.82 Å². The van der Waals surface area contributed by atoms with Crippen LogP contribution in [0.4, 0.5) is 10.2 Å². The zero-order valence-electron chi connectivity index (χ0n) is 11.8. The molecule has 1 aliphatic rings. The number of nitrogens with zero attached hydrogens (tertiary/aromatic N) is 4. The van der Waals surface area contributed by atoms with Crippen LogP contribution in [0, 0.1) is 0 Å². The molecule has 1 saturated heterocycles. The number of hydrogen-bond donors (Lipinski definition) is 3. The van der Waals surface area contributed by atoms with Crippen molar-refractivity contribution in [3.05, 3.63) is 25.0 Å². The highest BCUT2D eigenvalue weighted by Gasteiger charge is 2.54. The number of rotatable bonds is 3. The highest BCUT2D eigenvalue weighted by Crippen LogP contribution is 2.41. The molecule has 4 N–H and O–H groups in total. The van der Waals surface area contributed by atoms with Crippen LogP contribution < -0.4 is 5.73 Å². The predicted molar refractivity (Wildman–Crippen MR) is 74.2 cm³/mol. The lowest BCUT2D eigenvalue weighted by atomic mass is 9.99. The van der Waals surface area contributed by atoms with Gasteiger partial charge in [0.05, 0.1) is 24.2 Å². The van der Waals surface area contributed by atoms with Crippen molar-refractivity contribution in [3.63, 3.8) is 0 Å². The van der Waals surface area contributed by atoms with E-state index in [2.05, 4.69) is 15.0 Å². The Morgan fingerprint density at radius 2 is 2.27 bits per heavy atom. The first-order valence-electron chi connectivity index (χ1n) is 6.67. The average Bonchev–Trinajstić information content (AvgIpc) is 3.04. The SMILES string of the molecule is CC1(F)C(O)C(CO)OC1n1cnc(-c2cncnc2N)c1. The number of nitrogens with two attached hydrogens (primary N) is 1. The number of hydrogen-bond acceptors (Lipinski definition) is 7. The minimum atomic E-state index is -2.07. The molecule has 8 nitrogen and oxygen atoms in total. The Kier molecular flexibility index (Phi) is 3.55. The number of nitrogen functional groups attached to an aromatic ring is 1. The van der Waals surface area contributed by atoms with E-state index in [-0.39, 0.29) is 5.82 Å². The van der Waals surface area contributed by atoms with Gasteiger partial charge in [-0.3, -0.25) is 0 Å². The maximum atomic E-state index is 14.7. The fraction of sp³-hybridized carbons (Fsp3) is 0.462. The first-order valence-corrected chi connectivity index (χ1v) is 6.67. The second-order valence-corrected chi connectivity index (χ2v) is 5.33. The summed E-state index contributed by atoms with van der Waals surface area (Å²) in [5.41, 5.74) is 4.66. The maximum Gasteiger partial charge on any atom is 0.181 e. The number of aliphatic hydroxyl groups is 2. The number of aromatic nitrogens is 4. The Morgan fingerprint density at radius 3 is 2.91 bits per heavy atom. The van der Waals surface area contributed by atoms with Gasteiger partial charge >= 0.3 is 0 Å². The van der Waals surface area contributed by atoms with E-state index < -0.39 is 30.7 Å². The summed E-state index contributed by atoms with van der Waals surface area (Å²) in [4.78, 5) is 11.9. The van der Waals surface area contributed by atoms with Gasteiger partial charge in [-0.1, -0.05) is 0 Å². The zero-order valence-corrected chi connectivity index (χ0v) is 11.8. The summed E-state index contributed by atoms with van der Waals surface area (Å²) < 4.78 is 21.5. The van der Waals surface area contributed by atoms with Crippen LogP contribution >= 0.6 is 0 Å². The van der Waals surface area contributed by atoms with Crippen LogP contribution in [0.15, 0.2) is 25.0 Å². The van der Waals surface area contributed by atoms with E-state index in [1.165, 1.54) is 36.5 Å². The smallest absolute Gasteiger partial charge is 0.181 e. The molecule has 0 aliphatic carbocycles. The molecule has 0 aromatic carbocycles. The monoisotopic (exact) mass is 309 g/mol. The van der Waals surface area contributed by atoms with Gasteiger partial charge in [-0.05, 0) is 6.92 Å². The lowest BCUT2D eigenvalue weighted by molar-refractivity contribution is -0.0586. The Bertz CT molecular complexity index is 677. The molecule has 2 aromatic rings. The number of anilines is 1. The fourth-order valence-corrected chi connectivity index (χ4v) is 2.53. The molecule has 3 heterocycles. The second kappa shape index (κ2) is 5.27. The lowest BCUT2D eigenvalue weighted by Crippen LogP contribution is -2.40. The van der Waals surface area contributed by atoms with Gasteiger partial charge in [-0.25, -0.2) is 19.3 Å². The molecule has 3 rings (SSSR count). The summed E-state index contributed by atoms with van der Waals surface area (Å²) >= 11 is 0. The summed E-state index contributed by atoms with van der Waals surface area (Å²) in [5, 5.41) is 19.0. The zero-order chi connectivity index (χ0) is 15.9. The van der Waals surface area contributed by atoms with Crippen LogP contribution in [0.1, 0.15) is 13.2 Å². The molecular formula is C13H16FN5O3. The number of aliphatic hydroxyl groups excluding tert-OH is 2. The molecular weight excluding hydrogens is 293 g/mol. The topological polar surface area (TPSA) is 119 Å². The van der Waals surface area contributed by atoms with Crippen LogP contribution in [0.25, 0.3) is 11.3 Å². The molecule has 118 valence electrons. The van der Waals surface area contributed by atoms with Crippen LogP contribution in [-0.2, 0) is 4.74 Å². The van der Waals surface area contributed by atoms with E-state index in [1.54, 1.807) is 0 Å². The van der Waals surface area contributed by atoms with Gasteiger partial charge in [0.15, 0.2) is 11.9 Å². The second-order valence-electron chi connectivity index (χ2n) is 5.33. The van der Waals surface area contributed by atoms with Crippen molar-refractivity contribution in [1.82, 2.24) is 19.5 Å². The highest BCUT2D eigenvalue weighted by molar-refractivity contribution is 5.68. The molecule has 0 spiro atoms. The minimum absolute atomic E-state index is 0.254. The van der Waals surface area contributed by atoms with Crippen molar-refractivity contribution in [2.24, 2.45) is 0 Å². The van der Waals surface area contributed by atoms with Gasteiger partial charge in [-0.2, -0.15) is 0 Å². The van der Waals surface area contributed by atoms with Crippen molar-refractivity contribution in [2.75, 3.05) is 12.3 Å². The summed E-state index contributed by atoms with van der Waals surface area (Å²) in [6, 6.07) is 0. The van der Waals surface area contributed by atoms with Crippen LogP contribution in [-0.4, -0.2) is 54.2 Å². The Morgan fingerprint density at radius 1 is 1.50 bits per heavy atom. The summed E-state index contributed by atoms with van der Waals surface area (Å²) in [6.07, 6.45) is 2.20. The average molecular weight is 309 g/mol. The summed E-state index contributed by atoms with van der Waals surface area (Å²) in [5.74, 6) is 0.254. The third-order valence-electron chi connectivity index (χ3n) is 3.79. The molecule has 22 heavy (non-hydrogen) atoms. The summed E-state index contributed by atoms with van der Waals surface area (Å²) in [6.45, 7) is 0.746. The normalized spacial score (nSPS) is 31.5. The molecule has 4 unspecified atom stereocenters. The van der Waals surface area contributed by atoms with Crippen molar-refractivity contribution in [2.45, 2.75) is 31.0 Å². The van der Waals surface area contributed by atoms with Gasteiger partial charge in [0.1, 0.15) is 24.4 Å². The highest BCUT2D eigenvalue weighted by atomic mass is 19.1.